The van der Waals surface area contributed by atoms with Crippen LogP contribution < -0.4 is 5.32 Å². The van der Waals surface area contributed by atoms with Crippen LogP contribution in [-0.4, -0.2) is 57.4 Å². The van der Waals surface area contributed by atoms with E-state index in [9.17, 15) is 13.2 Å². The van der Waals surface area contributed by atoms with Gasteiger partial charge in [-0.05, 0) is 12.8 Å². The molecule has 0 radical (unpaired) electrons. The lowest BCUT2D eigenvalue weighted by Crippen LogP contribution is -2.44. The lowest BCUT2D eigenvalue weighted by molar-refractivity contribution is -0.127. The van der Waals surface area contributed by atoms with Crippen molar-refractivity contribution >= 4 is 15.7 Å². The van der Waals surface area contributed by atoms with Gasteiger partial charge in [0.15, 0.2) is 9.84 Å². The highest BCUT2D eigenvalue weighted by atomic mass is 32.2. The SMILES string of the molecule is CN(C)C(=O)CNC1CCCC1S(C)(=O)=O. The number of carbonyl (C=O) groups is 1. The lowest BCUT2D eigenvalue weighted by atomic mass is 10.2. The van der Waals surface area contributed by atoms with Crippen LogP contribution in [0, 0.1) is 0 Å². The van der Waals surface area contributed by atoms with E-state index in [-0.39, 0.29) is 23.7 Å². The minimum atomic E-state index is -3.01. The molecule has 0 heterocycles. The Bertz CT molecular complexity index is 351. The lowest BCUT2D eigenvalue weighted by Gasteiger charge is -2.20. The molecule has 2 unspecified atom stereocenters. The Labute approximate surface area is 97.1 Å². The molecule has 0 aromatic carbocycles. The van der Waals surface area contributed by atoms with E-state index in [1.807, 2.05) is 0 Å². The van der Waals surface area contributed by atoms with Crippen LogP contribution in [0.4, 0.5) is 0 Å². The van der Waals surface area contributed by atoms with Gasteiger partial charge < -0.3 is 10.2 Å². The summed E-state index contributed by atoms with van der Waals surface area (Å²) >= 11 is 0. The summed E-state index contributed by atoms with van der Waals surface area (Å²) in [5.41, 5.74) is 0. The molecule has 1 fully saturated rings. The van der Waals surface area contributed by atoms with Crippen molar-refractivity contribution < 1.29 is 13.2 Å². The molecule has 1 aliphatic carbocycles. The summed E-state index contributed by atoms with van der Waals surface area (Å²) in [7, 11) is 0.367. The molecule has 1 N–H and O–H groups in total. The third kappa shape index (κ3) is 3.45. The fourth-order valence-electron chi connectivity index (χ4n) is 2.05. The number of sulfone groups is 1. The molecule has 0 aromatic heterocycles. The van der Waals surface area contributed by atoms with Crippen molar-refractivity contribution in [3.05, 3.63) is 0 Å². The van der Waals surface area contributed by atoms with Crippen LogP contribution in [0.25, 0.3) is 0 Å². The van der Waals surface area contributed by atoms with Gasteiger partial charge in [0.05, 0.1) is 11.8 Å². The van der Waals surface area contributed by atoms with Crippen LogP contribution in [0.5, 0.6) is 0 Å². The molecule has 1 saturated carbocycles. The van der Waals surface area contributed by atoms with Gasteiger partial charge in [0.2, 0.25) is 5.91 Å². The molecule has 0 aromatic rings. The van der Waals surface area contributed by atoms with Crippen LogP contribution in [0.3, 0.4) is 0 Å². The zero-order valence-corrected chi connectivity index (χ0v) is 10.9. The van der Waals surface area contributed by atoms with E-state index >= 15 is 0 Å². The van der Waals surface area contributed by atoms with E-state index in [4.69, 9.17) is 0 Å². The van der Waals surface area contributed by atoms with Crippen molar-refractivity contribution in [3.8, 4) is 0 Å². The van der Waals surface area contributed by atoms with E-state index in [2.05, 4.69) is 5.32 Å². The number of likely N-dealkylation sites (N-methyl/N-ethyl adjacent to an activating group) is 1. The van der Waals surface area contributed by atoms with E-state index in [0.29, 0.717) is 6.42 Å². The zero-order valence-electron chi connectivity index (χ0n) is 10.1. The van der Waals surface area contributed by atoms with Crippen LogP contribution in [0.1, 0.15) is 19.3 Å². The Hall–Kier alpha value is -0.620. The van der Waals surface area contributed by atoms with Crippen LogP contribution in [0.15, 0.2) is 0 Å². The summed E-state index contributed by atoms with van der Waals surface area (Å²) in [4.78, 5) is 12.9. The minimum absolute atomic E-state index is 0.0286. The second-order valence-corrected chi connectivity index (χ2v) is 6.84. The molecule has 0 aliphatic heterocycles. The summed E-state index contributed by atoms with van der Waals surface area (Å²) in [6, 6.07) is -0.0705. The maximum absolute atomic E-state index is 11.5. The van der Waals surface area contributed by atoms with Crippen molar-refractivity contribution in [3.63, 3.8) is 0 Å². The standard InChI is InChI=1S/C10H20N2O3S/c1-12(2)10(13)7-11-8-5-4-6-9(8)16(3,14)15/h8-9,11H,4-7H2,1-3H3. The van der Waals surface area contributed by atoms with Crippen LogP contribution >= 0.6 is 0 Å². The average molecular weight is 248 g/mol. The topological polar surface area (TPSA) is 66.5 Å². The predicted octanol–water partition coefficient (Wildman–Crippen LogP) is -0.370. The van der Waals surface area contributed by atoms with Crippen LogP contribution in [-0.2, 0) is 14.6 Å². The third-order valence-electron chi connectivity index (χ3n) is 3.02. The van der Waals surface area contributed by atoms with E-state index in [1.54, 1.807) is 14.1 Å². The molecule has 1 aliphatic rings. The van der Waals surface area contributed by atoms with Gasteiger partial charge in [0, 0.05) is 26.4 Å². The normalized spacial score (nSPS) is 25.7. The quantitative estimate of drug-likeness (QED) is 0.737. The van der Waals surface area contributed by atoms with Gasteiger partial charge in [0.25, 0.3) is 0 Å². The van der Waals surface area contributed by atoms with E-state index < -0.39 is 9.84 Å². The van der Waals surface area contributed by atoms with Crippen molar-refractivity contribution in [2.45, 2.75) is 30.6 Å². The van der Waals surface area contributed by atoms with Crippen LogP contribution in [0.2, 0.25) is 0 Å². The first-order valence-electron chi connectivity index (χ1n) is 5.45. The molecular weight excluding hydrogens is 228 g/mol. The van der Waals surface area contributed by atoms with Crippen molar-refractivity contribution in [2.24, 2.45) is 0 Å². The van der Waals surface area contributed by atoms with Gasteiger partial charge in [-0.1, -0.05) is 6.42 Å². The first kappa shape index (κ1) is 13.4. The van der Waals surface area contributed by atoms with Crippen molar-refractivity contribution in [2.75, 3.05) is 26.9 Å². The summed E-state index contributed by atoms with van der Waals surface area (Å²) in [5, 5.41) is 2.72. The number of nitrogens with zero attached hydrogens (tertiary/aromatic N) is 1. The maximum atomic E-state index is 11.5. The third-order valence-corrected chi connectivity index (χ3v) is 4.68. The first-order chi connectivity index (χ1) is 7.32. The monoisotopic (exact) mass is 248 g/mol. The number of amides is 1. The van der Waals surface area contributed by atoms with E-state index in [0.717, 1.165) is 12.8 Å². The average Bonchev–Trinajstić information content (AvgIpc) is 2.60. The molecule has 2 atom stereocenters. The predicted molar refractivity (Wildman–Crippen MR) is 63.0 cm³/mol. The molecule has 0 spiro atoms. The second kappa shape index (κ2) is 5.14. The van der Waals surface area contributed by atoms with Crippen molar-refractivity contribution in [1.82, 2.24) is 10.2 Å². The van der Waals surface area contributed by atoms with Gasteiger partial charge in [-0.25, -0.2) is 8.42 Å². The molecule has 0 bridgehead atoms. The number of carbonyl (C=O) groups excluding carboxylic acids is 1. The van der Waals surface area contributed by atoms with Gasteiger partial charge >= 0.3 is 0 Å². The van der Waals surface area contributed by atoms with Crippen molar-refractivity contribution in [1.29, 1.82) is 0 Å². The highest BCUT2D eigenvalue weighted by Crippen LogP contribution is 2.24. The van der Waals surface area contributed by atoms with Gasteiger partial charge in [0.1, 0.15) is 0 Å². The van der Waals surface area contributed by atoms with Gasteiger partial charge in [-0.2, -0.15) is 0 Å². The summed E-state index contributed by atoms with van der Waals surface area (Å²) in [6.07, 6.45) is 3.71. The zero-order chi connectivity index (χ0) is 12.3. The Morgan fingerprint density at radius 3 is 2.50 bits per heavy atom. The molecule has 1 amide bonds. The Morgan fingerprint density at radius 1 is 1.38 bits per heavy atom. The van der Waals surface area contributed by atoms with Gasteiger partial charge in [-0.15, -0.1) is 0 Å². The first-order valence-corrected chi connectivity index (χ1v) is 7.40. The Morgan fingerprint density at radius 2 is 2.00 bits per heavy atom. The Kier molecular flexibility index (Phi) is 4.32. The summed E-state index contributed by atoms with van der Waals surface area (Å²) in [6.45, 7) is 0.212. The Balaban J connectivity index is 2.51. The van der Waals surface area contributed by atoms with Gasteiger partial charge in [-0.3, -0.25) is 4.79 Å². The molecule has 94 valence electrons. The fourth-order valence-corrected chi connectivity index (χ4v) is 3.47. The molecule has 6 heteroatoms. The summed E-state index contributed by atoms with van der Waals surface area (Å²) in [5.74, 6) is -0.0286. The fraction of sp³-hybridized carbons (Fsp3) is 0.900. The number of nitrogens with one attached hydrogen (secondary N) is 1. The molecule has 0 saturated heterocycles. The second-order valence-electron chi connectivity index (χ2n) is 4.57. The highest BCUT2D eigenvalue weighted by molar-refractivity contribution is 7.91. The highest BCUT2D eigenvalue weighted by Gasteiger charge is 2.34. The minimum Gasteiger partial charge on any atom is -0.348 e. The smallest absolute Gasteiger partial charge is 0.236 e. The van der Waals surface area contributed by atoms with E-state index in [1.165, 1.54) is 11.2 Å². The number of rotatable bonds is 4. The molecule has 1 rings (SSSR count). The molecule has 5 nitrogen and oxygen atoms in total. The molecular formula is C10H20N2O3S. The molecule has 16 heavy (non-hydrogen) atoms. The summed E-state index contributed by atoms with van der Waals surface area (Å²) < 4.78 is 23.0. The number of hydrogen-bond acceptors (Lipinski definition) is 4. The number of hydrogen-bond donors (Lipinski definition) is 1. The largest absolute Gasteiger partial charge is 0.348 e. The maximum Gasteiger partial charge on any atom is 0.236 e.